The number of imide groups is 1. The van der Waals surface area contributed by atoms with Gasteiger partial charge in [0.1, 0.15) is 5.60 Å². The molecule has 0 aromatic rings. The van der Waals surface area contributed by atoms with Crippen LogP contribution in [0.2, 0.25) is 0 Å². The van der Waals surface area contributed by atoms with Crippen LogP contribution in [0.1, 0.15) is 34.6 Å². The molecule has 0 N–H and O–H groups in total. The number of hydrogen-bond acceptors (Lipinski definition) is 3. The summed E-state index contributed by atoms with van der Waals surface area (Å²) in [5.74, 6) is -0.225. The Kier molecular flexibility index (Phi) is 3.72. The lowest BCUT2D eigenvalue weighted by Gasteiger charge is -2.24. The van der Waals surface area contributed by atoms with E-state index >= 15 is 0 Å². The van der Waals surface area contributed by atoms with Gasteiger partial charge in [-0.1, -0.05) is 15.9 Å². The highest BCUT2D eigenvalue weighted by atomic mass is 79.9. The minimum absolute atomic E-state index is 0.225. The molecule has 0 aromatic heterocycles. The molecule has 0 unspecified atom stereocenters. The molecule has 0 aromatic carbocycles. The maximum absolute atomic E-state index is 12.1. The first-order valence-corrected chi connectivity index (χ1v) is 6.36. The molecule has 1 aliphatic heterocycles. The van der Waals surface area contributed by atoms with Crippen molar-refractivity contribution in [1.29, 1.82) is 0 Å². The molecule has 0 aliphatic carbocycles. The van der Waals surface area contributed by atoms with E-state index in [0.29, 0.717) is 0 Å². The van der Waals surface area contributed by atoms with Crippen molar-refractivity contribution in [1.82, 2.24) is 4.90 Å². The second-order valence-electron chi connectivity index (χ2n) is 5.63. The Morgan fingerprint density at radius 1 is 1.47 bits per heavy atom. The van der Waals surface area contributed by atoms with E-state index in [1.54, 1.807) is 39.6 Å². The van der Waals surface area contributed by atoms with Gasteiger partial charge >= 0.3 is 6.09 Å². The Hall–Kier alpha value is -0.840. The smallest absolute Gasteiger partial charge is 0.417 e. The van der Waals surface area contributed by atoms with Crippen molar-refractivity contribution in [3.8, 4) is 0 Å². The molecule has 1 saturated heterocycles. The van der Waals surface area contributed by atoms with Crippen molar-refractivity contribution in [3.63, 3.8) is 0 Å². The average molecular weight is 304 g/mol. The van der Waals surface area contributed by atoms with Crippen LogP contribution in [0, 0.1) is 5.41 Å². The summed E-state index contributed by atoms with van der Waals surface area (Å²) in [6, 6.07) is 0. The van der Waals surface area contributed by atoms with Crippen molar-refractivity contribution in [2.24, 2.45) is 5.41 Å². The summed E-state index contributed by atoms with van der Waals surface area (Å²) < 4.78 is 5.20. The lowest BCUT2D eigenvalue weighted by atomic mass is 9.88. The van der Waals surface area contributed by atoms with Crippen molar-refractivity contribution < 1.29 is 14.3 Å². The lowest BCUT2D eigenvalue weighted by Crippen LogP contribution is -2.40. The highest BCUT2D eigenvalue weighted by Crippen LogP contribution is 2.37. The molecule has 4 nitrogen and oxygen atoms in total. The molecule has 0 saturated carbocycles. The minimum Gasteiger partial charge on any atom is -0.443 e. The second-order valence-corrected chi connectivity index (χ2v) is 6.09. The van der Waals surface area contributed by atoms with Crippen molar-refractivity contribution in [3.05, 3.63) is 10.6 Å². The summed E-state index contributed by atoms with van der Waals surface area (Å²) in [6.07, 6.45) is -0.583. The van der Waals surface area contributed by atoms with E-state index in [9.17, 15) is 9.59 Å². The molecule has 17 heavy (non-hydrogen) atoms. The molecule has 1 fully saturated rings. The van der Waals surface area contributed by atoms with Crippen molar-refractivity contribution >= 4 is 27.9 Å². The molecule has 2 amide bonds. The van der Waals surface area contributed by atoms with Gasteiger partial charge in [0, 0.05) is 0 Å². The number of hydrogen-bond donors (Lipinski definition) is 0. The van der Waals surface area contributed by atoms with E-state index in [1.807, 2.05) is 0 Å². The van der Waals surface area contributed by atoms with Crippen LogP contribution in [0.4, 0.5) is 4.79 Å². The summed E-state index contributed by atoms with van der Waals surface area (Å²) in [6.45, 7) is 9.21. The molecular weight excluding hydrogens is 286 g/mol. The molecular formula is C12H18BrNO3. The zero-order chi connectivity index (χ0) is 13.4. The second kappa shape index (κ2) is 4.44. The fourth-order valence-electron chi connectivity index (χ4n) is 1.55. The number of likely N-dealkylation sites (tertiary alicyclic amines) is 1. The first kappa shape index (κ1) is 14.2. The Labute approximate surface area is 110 Å². The zero-order valence-electron chi connectivity index (χ0n) is 10.8. The lowest BCUT2D eigenvalue weighted by molar-refractivity contribution is -0.133. The third kappa shape index (κ3) is 2.89. The SMILES string of the molecule is CC(C)(C)OC(=O)N1C/C(=C\Br)C(C)(C)C1=O. The molecule has 0 bridgehead atoms. The highest BCUT2D eigenvalue weighted by molar-refractivity contribution is 9.11. The number of rotatable bonds is 0. The molecule has 1 heterocycles. The number of amides is 2. The summed E-state index contributed by atoms with van der Waals surface area (Å²) in [5.41, 5.74) is -0.378. The normalized spacial score (nSPS) is 22.1. The molecule has 1 rings (SSSR count). The Balaban J connectivity index is 2.90. The first-order valence-electron chi connectivity index (χ1n) is 5.44. The van der Waals surface area contributed by atoms with Crippen LogP contribution >= 0.6 is 15.9 Å². The van der Waals surface area contributed by atoms with Gasteiger partial charge in [-0.2, -0.15) is 0 Å². The standard InChI is InChI=1S/C12H18BrNO3/c1-11(2,3)17-10(16)14-7-8(6-13)12(4,5)9(14)15/h6H,7H2,1-5H3/b8-6+. The largest absolute Gasteiger partial charge is 0.443 e. The Morgan fingerprint density at radius 3 is 2.35 bits per heavy atom. The summed E-state index contributed by atoms with van der Waals surface area (Å²) in [5, 5.41) is 0. The van der Waals surface area contributed by atoms with E-state index < -0.39 is 17.1 Å². The number of carbonyl (C=O) groups is 2. The third-order valence-corrected chi connectivity index (χ3v) is 3.21. The van der Waals surface area contributed by atoms with Crippen molar-refractivity contribution in [2.75, 3.05) is 6.54 Å². The van der Waals surface area contributed by atoms with Crippen LogP contribution in [0.15, 0.2) is 10.6 Å². The maximum atomic E-state index is 12.1. The number of carbonyl (C=O) groups excluding carboxylic acids is 2. The van der Waals surface area contributed by atoms with Gasteiger partial charge in [0.25, 0.3) is 0 Å². The quantitative estimate of drug-likeness (QED) is 0.691. The van der Waals surface area contributed by atoms with E-state index in [1.165, 1.54) is 0 Å². The fraction of sp³-hybridized carbons (Fsp3) is 0.667. The van der Waals surface area contributed by atoms with Crippen LogP contribution in [-0.4, -0.2) is 29.0 Å². The van der Waals surface area contributed by atoms with Gasteiger partial charge in [-0.3, -0.25) is 4.79 Å². The van der Waals surface area contributed by atoms with Gasteiger partial charge in [-0.15, -0.1) is 0 Å². The molecule has 96 valence electrons. The van der Waals surface area contributed by atoms with Gasteiger partial charge in [-0.05, 0) is 45.2 Å². The number of halogens is 1. The molecule has 5 heteroatoms. The van der Waals surface area contributed by atoms with Gasteiger partial charge in [0.05, 0.1) is 12.0 Å². The van der Waals surface area contributed by atoms with Gasteiger partial charge < -0.3 is 4.74 Å². The molecule has 0 radical (unpaired) electrons. The van der Waals surface area contributed by atoms with Gasteiger partial charge in [0.2, 0.25) is 5.91 Å². The maximum Gasteiger partial charge on any atom is 0.417 e. The van der Waals surface area contributed by atoms with E-state index in [2.05, 4.69) is 15.9 Å². The Morgan fingerprint density at radius 2 is 2.00 bits per heavy atom. The van der Waals surface area contributed by atoms with E-state index in [-0.39, 0.29) is 12.5 Å². The monoisotopic (exact) mass is 303 g/mol. The zero-order valence-corrected chi connectivity index (χ0v) is 12.4. The average Bonchev–Trinajstić information content (AvgIpc) is 2.36. The summed E-state index contributed by atoms with van der Waals surface area (Å²) in [7, 11) is 0. The van der Waals surface area contributed by atoms with E-state index in [4.69, 9.17) is 4.74 Å². The minimum atomic E-state index is -0.652. The third-order valence-electron chi connectivity index (χ3n) is 2.66. The number of nitrogens with zero attached hydrogens (tertiary/aromatic N) is 1. The van der Waals surface area contributed by atoms with Crippen LogP contribution in [0.25, 0.3) is 0 Å². The Bertz CT molecular complexity index is 380. The van der Waals surface area contributed by atoms with Crippen LogP contribution in [0.5, 0.6) is 0 Å². The van der Waals surface area contributed by atoms with Crippen LogP contribution < -0.4 is 0 Å². The summed E-state index contributed by atoms with van der Waals surface area (Å²) >= 11 is 3.22. The van der Waals surface area contributed by atoms with Crippen LogP contribution in [0.3, 0.4) is 0 Å². The van der Waals surface area contributed by atoms with Gasteiger partial charge in [-0.25, -0.2) is 9.69 Å². The number of ether oxygens (including phenoxy) is 1. The van der Waals surface area contributed by atoms with Crippen molar-refractivity contribution in [2.45, 2.75) is 40.2 Å². The van der Waals surface area contributed by atoms with E-state index in [0.717, 1.165) is 10.5 Å². The van der Waals surface area contributed by atoms with Gasteiger partial charge in [0.15, 0.2) is 0 Å². The topological polar surface area (TPSA) is 46.6 Å². The fourth-order valence-corrected chi connectivity index (χ4v) is 2.27. The van der Waals surface area contributed by atoms with Crippen LogP contribution in [-0.2, 0) is 9.53 Å². The molecule has 0 atom stereocenters. The highest BCUT2D eigenvalue weighted by Gasteiger charge is 2.46. The molecule has 0 spiro atoms. The predicted octanol–water partition coefficient (Wildman–Crippen LogP) is 3.07. The predicted molar refractivity (Wildman–Crippen MR) is 68.7 cm³/mol. The first-order chi connectivity index (χ1) is 7.59. The molecule has 1 aliphatic rings. The summed E-state index contributed by atoms with van der Waals surface area (Å²) in [4.78, 5) is 26.8.